The van der Waals surface area contributed by atoms with Crippen LogP contribution in [0.2, 0.25) is 0 Å². The Balaban J connectivity index is 2.21. The number of carboxylic acids is 1. The van der Waals surface area contributed by atoms with Crippen LogP contribution in [0.3, 0.4) is 0 Å². The Morgan fingerprint density at radius 3 is 2.65 bits per heavy atom. The maximum absolute atomic E-state index is 11.0. The van der Waals surface area contributed by atoms with E-state index in [2.05, 4.69) is 25.2 Å². The largest absolute Gasteiger partial charge is 0.495 e. The van der Waals surface area contributed by atoms with Gasteiger partial charge in [-0.3, -0.25) is 0 Å². The number of carbonyl (C=O) groups is 1. The fourth-order valence-electron chi connectivity index (χ4n) is 2.03. The SMILES string of the molecule is COc1ccc(C(=O)O)cc1NCc1cc(C)sc1C. The summed E-state index contributed by atoms with van der Waals surface area (Å²) in [5.74, 6) is -0.308. The Bertz CT molecular complexity index is 634. The van der Waals surface area contributed by atoms with Crippen molar-refractivity contribution in [3.05, 3.63) is 45.1 Å². The fraction of sp³-hybridized carbons (Fsp3) is 0.267. The lowest BCUT2D eigenvalue weighted by atomic mass is 10.1. The Kier molecular flexibility index (Phi) is 4.29. The third kappa shape index (κ3) is 3.11. The maximum Gasteiger partial charge on any atom is 0.335 e. The number of hydrogen-bond acceptors (Lipinski definition) is 4. The lowest BCUT2D eigenvalue weighted by Gasteiger charge is -2.12. The molecule has 1 heterocycles. The standard InChI is InChI=1S/C15H17NO3S/c1-9-6-12(10(2)20-9)8-16-13-7-11(15(17)18)4-5-14(13)19-3/h4-7,16H,8H2,1-3H3,(H,17,18). The number of methoxy groups -OCH3 is 1. The first-order valence-corrected chi connectivity index (χ1v) is 7.04. The van der Waals surface area contributed by atoms with Crippen LogP contribution in [0.5, 0.6) is 5.75 Å². The van der Waals surface area contributed by atoms with Gasteiger partial charge in [-0.15, -0.1) is 11.3 Å². The van der Waals surface area contributed by atoms with Crippen molar-refractivity contribution in [1.82, 2.24) is 0 Å². The Morgan fingerprint density at radius 2 is 2.10 bits per heavy atom. The average molecular weight is 291 g/mol. The van der Waals surface area contributed by atoms with Gasteiger partial charge in [0.1, 0.15) is 5.75 Å². The summed E-state index contributed by atoms with van der Waals surface area (Å²) in [7, 11) is 1.57. The molecule has 0 spiro atoms. The molecular weight excluding hydrogens is 274 g/mol. The number of ether oxygens (including phenoxy) is 1. The van der Waals surface area contributed by atoms with Crippen LogP contribution in [-0.2, 0) is 6.54 Å². The van der Waals surface area contributed by atoms with Crippen LogP contribution in [0.1, 0.15) is 25.7 Å². The van der Waals surface area contributed by atoms with Crippen LogP contribution in [0.4, 0.5) is 5.69 Å². The Labute approximate surface area is 122 Å². The van der Waals surface area contributed by atoms with Crippen molar-refractivity contribution in [1.29, 1.82) is 0 Å². The van der Waals surface area contributed by atoms with E-state index in [9.17, 15) is 4.79 Å². The highest BCUT2D eigenvalue weighted by Crippen LogP contribution is 2.27. The third-order valence-corrected chi connectivity index (χ3v) is 4.07. The normalized spacial score (nSPS) is 10.3. The van der Waals surface area contributed by atoms with Gasteiger partial charge in [0, 0.05) is 16.3 Å². The Hall–Kier alpha value is -2.01. The van der Waals surface area contributed by atoms with E-state index in [1.807, 2.05) is 0 Å². The topological polar surface area (TPSA) is 58.6 Å². The average Bonchev–Trinajstić information content (AvgIpc) is 2.74. The number of aryl methyl sites for hydroxylation is 2. The minimum absolute atomic E-state index is 0.242. The zero-order valence-electron chi connectivity index (χ0n) is 11.7. The molecule has 0 aliphatic carbocycles. The van der Waals surface area contributed by atoms with Crippen molar-refractivity contribution in [2.45, 2.75) is 20.4 Å². The predicted octanol–water partition coefficient (Wildman–Crippen LogP) is 3.68. The molecule has 0 saturated carbocycles. The molecule has 1 aromatic carbocycles. The number of nitrogens with one attached hydrogen (secondary N) is 1. The molecule has 106 valence electrons. The molecule has 1 aromatic heterocycles. The number of aromatic carboxylic acids is 1. The van der Waals surface area contributed by atoms with E-state index in [0.717, 1.165) is 0 Å². The molecule has 0 atom stereocenters. The van der Waals surface area contributed by atoms with E-state index >= 15 is 0 Å². The zero-order valence-corrected chi connectivity index (χ0v) is 12.5. The van der Waals surface area contributed by atoms with Crippen molar-refractivity contribution in [2.75, 3.05) is 12.4 Å². The highest BCUT2D eigenvalue weighted by molar-refractivity contribution is 7.12. The van der Waals surface area contributed by atoms with Gasteiger partial charge < -0.3 is 15.2 Å². The third-order valence-electron chi connectivity index (χ3n) is 3.06. The number of rotatable bonds is 5. The summed E-state index contributed by atoms with van der Waals surface area (Å²) in [6, 6.07) is 6.93. The number of anilines is 1. The molecular formula is C15H17NO3S. The molecule has 0 unspecified atom stereocenters. The second-order valence-corrected chi connectivity index (χ2v) is 5.97. The van der Waals surface area contributed by atoms with Gasteiger partial charge in [0.2, 0.25) is 0 Å². The molecule has 20 heavy (non-hydrogen) atoms. The zero-order chi connectivity index (χ0) is 14.7. The minimum Gasteiger partial charge on any atom is -0.495 e. The van der Waals surface area contributed by atoms with Crippen molar-refractivity contribution < 1.29 is 14.6 Å². The van der Waals surface area contributed by atoms with E-state index in [1.165, 1.54) is 21.4 Å². The molecule has 0 aliphatic heterocycles. The fourth-order valence-corrected chi connectivity index (χ4v) is 2.97. The van der Waals surface area contributed by atoms with Crippen LogP contribution in [-0.4, -0.2) is 18.2 Å². The molecule has 2 aromatic rings. The van der Waals surface area contributed by atoms with Crippen LogP contribution < -0.4 is 10.1 Å². The lowest BCUT2D eigenvalue weighted by Crippen LogP contribution is -2.04. The highest BCUT2D eigenvalue weighted by atomic mass is 32.1. The summed E-state index contributed by atoms with van der Waals surface area (Å²) in [5.41, 5.74) is 2.15. The van der Waals surface area contributed by atoms with Crippen molar-refractivity contribution in [3.8, 4) is 5.75 Å². The summed E-state index contributed by atoms with van der Waals surface area (Å²) >= 11 is 1.76. The molecule has 2 N–H and O–H groups in total. The van der Waals surface area contributed by atoms with Gasteiger partial charge in [-0.2, -0.15) is 0 Å². The van der Waals surface area contributed by atoms with Gasteiger partial charge in [0.15, 0.2) is 0 Å². The number of carboxylic acid groups (broad SMARTS) is 1. The molecule has 0 radical (unpaired) electrons. The van der Waals surface area contributed by atoms with E-state index in [1.54, 1.807) is 30.6 Å². The predicted molar refractivity (Wildman–Crippen MR) is 81.1 cm³/mol. The van der Waals surface area contributed by atoms with Crippen LogP contribution in [0.25, 0.3) is 0 Å². The van der Waals surface area contributed by atoms with Crippen molar-refractivity contribution >= 4 is 23.0 Å². The molecule has 0 amide bonds. The van der Waals surface area contributed by atoms with Crippen LogP contribution in [0.15, 0.2) is 24.3 Å². The monoisotopic (exact) mass is 291 g/mol. The smallest absolute Gasteiger partial charge is 0.335 e. The molecule has 0 aliphatic rings. The number of thiophene rings is 1. The first-order chi connectivity index (χ1) is 9.51. The second kappa shape index (κ2) is 5.96. The first-order valence-electron chi connectivity index (χ1n) is 6.22. The summed E-state index contributed by atoms with van der Waals surface area (Å²) in [6.07, 6.45) is 0. The van der Waals surface area contributed by atoms with E-state index in [4.69, 9.17) is 9.84 Å². The van der Waals surface area contributed by atoms with E-state index < -0.39 is 5.97 Å². The minimum atomic E-state index is -0.946. The van der Waals surface area contributed by atoms with E-state index in [0.29, 0.717) is 18.0 Å². The van der Waals surface area contributed by atoms with Crippen molar-refractivity contribution in [3.63, 3.8) is 0 Å². The van der Waals surface area contributed by atoms with Crippen molar-refractivity contribution in [2.24, 2.45) is 0 Å². The van der Waals surface area contributed by atoms with Crippen LogP contribution in [0, 0.1) is 13.8 Å². The van der Waals surface area contributed by atoms with Gasteiger partial charge in [0.05, 0.1) is 18.4 Å². The quantitative estimate of drug-likeness (QED) is 0.882. The summed E-state index contributed by atoms with van der Waals surface area (Å²) < 4.78 is 5.25. The Morgan fingerprint density at radius 1 is 1.35 bits per heavy atom. The molecule has 2 rings (SSSR count). The number of hydrogen-bond donors (Lipinski definition) is 2. The lowest BCUT2D eigenvalue weighted by molar-refractivity contribution is 0.0697. The second-order valence-electron chi connectivity index (χ2n) is 4.51. The van der Waals surface area contributed by atoms with Gasteiger partial charge >= 0.3 is 5.97 Å². The highest BCUT2D eigenvalue weighted by Gasteiger charge is 2.10. The van der Waals surface area contributed by atoms with Gasteiger partial charge in [-0.05, 0) is 43.7 Å². The van der Waals surface area contributed by atoms with E-state index in [-0.39, 0.29) is 5.56 Å². The van der Waals surface area contributed by atoms with Crippen LogP contribution >= 0.6 is 11.3 Å². The summed E-state index contributed by atoms with van der Waals surface area (Å²) in [6.45, 7) is 4.81. The van der Waals surface area contributed by atoms with Gasteiger partial charge in [-0.1, -0.05) is 0 Å². The molecule has 0 bridgehead atoms. The van der Waals surface area contributed by atoms with Gasteiger partial charge in [-0.25, -0.2) is 4.79 Å². The molecule has 0 fully saturated rings. The summed E-state index contributed by atoms with van der Waals surface area (Å²) in [4.78, 5) is 13.6. The summed E-state index contributed by atoms with van der Waals surface area (Å²) in [5, 5.41) is 12.3. The number of benzene rings is 1. The molecule has 0 saturated heterocycles. The molecule has 5 heteroatoms. The maximum atomic E-state index is 11.0. The molecule has 4 nitrogen and oxygen atoms in total. The van der Waals surface area contributed by atoms with Gasteiger partial charge in [0.25, 0.3) is 0 Å². The first kappa shape index (κ1) is 14.4.